The summed E-state index contributed by atoms with van der Waals surface area (Å²) in [5.74, 6) is 0. The topological polar surface area (TPSA) is 78.6 Å². The predicted octanol–water partition coefficient (Wildman–Crippen LogP) is 1.87. The number of hydrogen-bond donors (Lipinski definition) is 3. The van der Waals surface area contributed by atoms with Gasteiger partial charge in [-0.25, -0.2) is 4.79 Å². The molecule has 1 aliphatic heterocycles. The zero-order chi connectivity index (χ0) is 13.1. The standard InChI is InChI=1S/C12H16BrN3O2/c13-9-2-1-8(11(14)5-9)6-15-10-3-4-16(7-10)12(17)18/h1-2,5,10,15H,3-4,6-7,14H2,(H,17,18)/t10-/m1/s1. The largest absolute Gasteiger partial charge is 0.465 e. The highest BCUT2D eigenvalue weighted by atomic mass is 79.9. The van der Waals surface area contributed by atoms with Crippen LogP contribution in [-0.2, 0) is 6.54 Å². The van der Waals surface area contributed by atoms with E-state index >= 15 is 0 Å². The molecule has 1 fully saturated rings. The van der Waals surface area contributed by atoms with Crippen molar-refractivity contribution in [1.29, 1.82) is 0 Å². The van der Waals surface area contributed by atoms with Gasteiger partial charge in [-0.3, -0.25) is 0 Å². The van der Waals surface area contributed by atoms with Gasteiger partial charge >= 0.3 is 6.09 Å². The fourth-order valence-corrected chi connectivity index (χ4v) is 2.46. The second-order valence-corrected chi connectivity index (χ2v) is 5.35. The van der Waals surface area contributed by atoms with Gasteiger partial charge in [0.1, 0.15) is 0 Å². The lowest BCUT2D eigenvalue weighted by Gasteiger charge is -2.14. The zero-order valence-electron chi connectivity index (χ0n) is 9.90. The van der Waals surface area contributed by atoms with Crippen LogP contribution in [0.2, 0.25) is 0 Å². The summed E-state index contributed by atoms with van der Waals surface area (Å²) < 4.78 is 0.960. The molecule has 1 aromatic rings. The highest BCUT2D eigenvalue weighted by Crippen LogP contribution is 2.19. The van der Waals surface area contributed by atoms with E-state index in [4.69, 9.17) is 10.8 Å². The molecule has 0 bridgehead atoms. The number of carboxylic acid groups (broad SMARTS) is 1. The Morgan fingerprint density at radius 2 is 2.39 bits per heavy atom. The molecule has 0 radical (unpaired) electrons. The van der Waals surface area contributed by atoms with Crippen molar-refractivity contribution in [3.05, 3.63) is 28.2 Å². The number of anilines is 1. The van der Waals surface area contributed by atoms with Crippen LogP contribution in [0.5, 0.6) is 0 Å². The molecule has 4 N–H and O–H groups in total. The highest BCUT2D eigenvalue weighted by Gasteiger charge is 2.25. The monoisotopic (exact) mass is 313 g/mol. The first-order chi connectivity index (χ1) is 8.56. The molecule has 98 valence electrons. The van der Waals surface area contributed by atoms with Gasteiger partial charge in [-0.15, -0.1) is 0 Å². The summed E-state index contributed by atoms with van der Waals surface area (Å²) in [6.07, 6.45) is 0.00498. The van der Waals surface area contributed by atoms with E-state index in [0.29, 0.717) is 19.6 Å². The average Bonchev–Trinajstić information content (AvgIpc) is 2.76. The Kier molecular flexibility index (Phi) is 4.08. The smallest absolute Gasteiger partial charge is 0.407 e. The molecule has 1 atom stereocenters. The summed E-state index contributed by atoms with van der Waals surface area (Å²) in [6.45, 7) is 1.81. The molecule has 0 aliphatic carbocycles. The third-order valence-electron chi connectivity index (χ3n) is 3.15. The van der Waals surface area contributed by atoms with Crippen LogP contribution in [0, 0.1) is 0 Å². The van der Waals surface area contributed by atoms with E-state index in [-0.39, 0.29) is 6.04 Å². The summed E-state index contributed by atoms with van der Waals surface area (Å²) in [6, 6.07) is 6.00. The second kappa shape index (κ2) is 5.58. The number of amides is 1. The number of carbonyl (C=O) groups is 1. The number of nitrogens with one attached hydrogen (secondary N) is 1. The number of hydrogen-bond acceptors (Lipinski definition) is 3. The maximum atomic E-state index is 10.8. The van der Waals surface area contributed by atoms with Crippen molar-refractivity contribution < 1.29 is 9.90 Å². The molecular weight excluding hydrogens is 298 g/mol. The van der Waals surface area contributed by atoms with Crippen LogP contribution in [0.4, 0.5) is 10.5 Å². The first kappa shape index (κ1) is 13.2. The van der Waals surface area contributed by atoms with Gasteiger partial charge < -0.3 is 21.1 Å². The molecule has 2 rings (SSSR count). The normalized spacial score (nSPS) is 19.2. The van der Waals surface area contributed by atoms with Crippen LogP contribution in [-0.4, -0.2) is 35.2 Å². The maximum Gasteiger partial charge on any atom is 0.407 e. The lowest BCUT2D eigenvalue weighted by Crippen LogP contribution is -2.34. The van der Waals surface area contributed by atoms with Gasteiger partial charge in [0.05, 0.1) is 0 Å². The fourth-order valence-electron chi connectivity index (χ4n) is 2.08. The van der Waals surface area contributed by atoms with Crippen LogP contribution in [0.15, 0.2) is 22.7 Å². The van der Waals surface area contributed by atoms with Crippen molar-refractivity contribution >= 4 is 27.7 Å². The number of nitrogen functional groups attached to an aromatic ring is 1. The van der Waals surface area contributed by atoms with Crippen LogP contribution in [0.1, 0.15) is 12.0 Å². The van der Waals surface area contributed by atoms with Crippen molar-refractivity contribution in [3.8, 4) is 0 Å². The third kappa shape index (κ3) is 3.14. The van der Waals surface area contributed by atoms with E-state index in [1.54, 1.807) is 0 Å². The van der Waals surface area contributed by atoms with E-state index in [0.717, 1.165) is 22.1 Å². The molecule has 1 saturated heterocycles. The van der Waals surface area contributed by atoms with Gasteiger partial charge in [0, 0.05) is 35.8 Å². The molecule has 1 aromatic carbocycles. The molecule has 0 unspecified atom stereocenters. The predicted molar refractivity (Wildman–Crippen MR) is 73.4 cm³/mol. The molecule has 6 heteroatoms. The first-order valence-electron chi connectivity index (χ1n) is 5.81. The Morgan fingerprint density at radius 1 is 1.61 bits per heavy atom. The lowest BCUT2D eigenvalue weighted by molar-refractivity contribution is 0.154. The van der Waals surface area contributed by atoms with Crippen LogP contribution < -0.4 is 11.1 Å². The minimum Gasteiger partial charge on any atom is -0.465 e. The third-order valence-corrected chi connectivity index (χ3v) is 3.64. The Hall–Kier alpha value is -1.27. The fraction of sp³-hybridized carbons (Fsp3) is 0.417. The minimum atomic E-state index is -0.845. The summed E-state index contributed by atoms with van der Waals surface area (Å²) in [4.78, 5) is 12.2. The van der Waals surface area contributed by atoms with Crippen LogP contribution in [0.3, 0.4) is 0 Å². The van der Waals surface area contributed by atoms with Gasteiger partial charge in [-0.05, 0) is 24.1 Å². The number of nitrogens with two attached hydrogens (primary N) is 1. The van der Waals surface area contributed by atoms with Gasteiger partial charge in [0.2, 0.25) is 0 Å². The van der Waals surface area contributed by atoms with Crippen LogP contribution in [0.25, 0.3) is 0 Å². The van der Waals surface area contributed by atoms with Gasteiger partial charge in [0.15, 0.2) is 0 Å². The second-order valence-electron chi connectivity index (χ2n) is 4.44. The van der Waals surface area contributed by atoms with E-state index in [2.05, 4.69) is 21.2 Å². The Labute approximate surface area is 114 Å². The zero-order valence-corrected chi connectivity index (χ0v) is 11.5. The van der Waals surface area contributed by atoms with E-state index < -0.39 is 6.09 Å². The van der Waals surface area contributed by atoms with Gasteiger partial charge in [0.25, 0.3) is 0 Å². The lowest BCUT2D eigenvalue weighted by atomic mass is 10.1. The maximum absolute atomic E-state index is 10.8. The van der Waals surface area contributed by atoms with Crippen molar-refractivity contribution in [3.63, 3.8) is 0 Å². The number of likely N-dealkylation sites (tertiary alicyclic amines) is 1. The number of halogens is 1. The minimum absolute atomic E-state index is 0.212. The summed E-state index contributed by atoms with van der Waals surface area (Å²) in [7, 11) is 0. The summed E-state index contributed by atoms with van der Waals surface area (Å²) in [5.41, 5.74) is 7.68. The van der Waals surface area contributed by atoms with Crippen molar-refractivity contribution in [2.75, 3.05) is 18.8 Å². The van der Waals surface area contributed by atoms with Crippen molar-refractivity contribution in [2.24, 2.45) is 0 Å². The van der Waals surface area contributed by atoms with Crippen molar-refractivity contribution in [1.82, 2.24) is 10.2 Å². The Balaban J connectivity index is 1.87. The highest BCUT2D eigenvalue weighted by molar-refractivity contribution is 9.10. The average molecular weight is 314 g/mol. The van der Waals surface area contributed by atoms with Crippen LogP contribution >= 0.6 is 15.9 Å². The molecule has 1 aliphatic rings. The molecule has 18 heavy (non-hydrogen) atoms. The molecular formula is C12H16BrN3O2. The van der Waals surface area contributed by atoms with E-state index in [9.17, 15) is 4.79 Å². The number of benzene rings is 1. The quantitative estimate of drug-likeness (QED) is 0.744. The molecule has 1 heterocycles. The Bertz CT molecular complexity index is 453. The molecule has 5 nitrogen and oxygen atoms in total. The summed E-state index contributed by atoms with van der Waals surface area (Å²) >= 11 is 3.37. The molecule has 0 spiro atoms. The van der Waals surface area contributed by atoms with E-state index in [1.165, 1.54) is 4.90 Å². The van der Waals surface area contributed by atoms with Crippen molar-refractivity contribution in [2.45, 2.75) is 19.0 Å². The SMILES string of the molecule is Nc1cc(Br)ccc1CN[C@@H]1CCN(C(=O)O)C1. The molecule has 0 aromatic heterocycles. The Morgan fingerprint density at radius 3 is 3.00 bits per heavy atom. The van der Waals surface area contributed by atoms with Gasteiger partial charge in [-0.2, -0.15) is 0 Å². The molecule has 1 amide bonds. The number of rotatable bonds is 3. The molecule has 0 saturated carbocycles. The van der Waals surface area contributed by atoms with Gasteiger partial charge in [-0.1, -0.05) is 22.0 Å². The van der Waals surface area contributed by atoms with E-state index in [1.807, 2.05) is 18.2 Å². The first-order valence-corrected chi connectivity index (χ1v) is 6.60. The summed E-state index contributed by atoms with van der Waals surface area (Å²) in [5, 5.41) is 12.2. The number of nitrogens with zero attached hydrogens (tertiary/aromatic N) is 1.